The zero-order valence-electron chi connectivity index (χ0n) is 15.0. The van der Waals surface area contributed by atoms with Crippen LogP contribution in [-0.2, 0) is 9.53 Å². The number of aliphatic imine (C=N–C) groups is 1. The van der Waals surface area contributed by atoms with Crippen molar-refractivity contribution in [2.45, 2.75) is 44.8 Å². The number of guanidine groups is 1. The van der Waals surface area contributed by atoms with Gasteiger partial charge in [-0.25, -0.2) is 0 Å². The molecule has 0 spiro atoms. The Kier molecular flexibility index (Phi) is 6.20. The first-order valence-corrected chi connectivity index (χ1v) is 8.40. The Labute approximate surface area is 144 Å². The number of nitrogens with two attached hydrogens (primary N) is 1. The van der Waals surface area contributed by atoms with Gasteiger partial charge in [-0.15, -0.1) is 0 Å². The van der Waals surface area contributed by atoms with Gasteiger partial charge in [-0.2, -0.15) is 0 Å². The van der Waals surface area contributed by atoms with Crippen LogP contribution in [0.15, 0.2) is 29.3 Å². The molecule has 2 unspecified atom stereocenters. The third-order valence-electron chi connectivity index (χ3n) is 4.11. The van der Waals surface area contributed by atoms with E-state index in [0.29, 0.717) is 18.4 Å². The van der Waals surface area contributed by atoms with Crippen molar-refractivity contribution in [3.05, 3.63) is 29.8 Å². The van der Waals surface area contributed by atoms with Crippen LogP contribution in [0.25, 0.3) is 0 Å². The van der Waals surface area contributed by atoms with Gasteiger partial charge in [0.25, 0.3) is 5.91 Å². The summed E-state index contributed by atoms with van der Waals surface area (Å²) in [5, 5.41) is 3.11. The Morgan fingerprint density at radius 1 is 1.42 bits per heavy atom. The number of hydrogen-bond acceptors (Lipinski definition) is 3. The van der Waals surface area contributed by atoms with Gasteiger partial charge in [0.1, 0.15) is 6.10 Å². The molecule has 6 heteroatoms. The van der Waals surface area contributed by atoms with Crippen LogP contribution in [0.5, 0.6) is 0 Å². The van der Waals surface area contributed by atoms with Gasteiger partial charge < -0.3 is 20.7 Å². The van der Waals surface area contributed by atoms with Gasteiger partial charge in [-0.1, -0.05) is 26.0 Å². The fourth-order valence-corrected chi connectivity index (χ4v) is 2.67. The van der Waals surface area contributed by atoms with Crippen molar-refractivity contribution in [2.24, 2.45) is 10.7 Å². The van der Waals surface area contributed by atoms with E-state index in [1.54, 1.807) is 19.0 Å². The van der Waals surface area contributed by atoms with Crippen molar-refractivity contribution in [3.63, 3.8) is 0 Å². The van der Waals surface area contributed by atoms with Crippen LogP contribution in [0.1, 0.15) is 38.2 Å². The van der Waals surface area contributed by atoms with Gasteiger partial charge in [-0.3, -0.25) is 9.79 Å². The summed E-state index contributed by atoms with van der Waals surface area (Å²) in [5.74, 6) is 0.836. The zero-order chi connectivity index (χ0) is 17.7. The third kappa shape index (κ3) is 4.96. The zero-order valence-corrected chi connectivity index (χ0v) is 15.0. The monoisotopic (exact) mass is 332 g/mol. The van der Waals surface area contributed by atoms with E-state index < -0.39 is 0 Å². The number of nitrogens with zero attached hydrogens (tertiary/aromatic N) is 2. The van der Waals surface area contributed by atoms with Gasteiger partial charge in [0.2, 0.25) is 0 Å². The summed E-state index contributed by atoms with van der Waals surface area (Å²) >= 11 is 0. The number of carbonyl (C=O) groups is 1. The molecule has 0 aliphatic carbocycles. The van der Waals surface area contributed by atoms with Crippen molar-refractivity contribution >= 4 is 17.6 Å². The minimum Gasteiger partial charge on any atom is -0.370 e. The van der Waals surface area contributed by atoms with Crippen LogP contribution in [0.4, 0.5) is 5.69 Å². The molecule has 2 atom stereocenters. The summed E-state index contributed by atoms with van der Waals surface area (Å²) in [5.41, 5.74) is 8.13. The predicted molar refractivity (Wildman–Crippen MR) is 97.2 cm³/mol. The molecule has 1 fully saturated rings. The van der Waals surface area contributed by atoms with Crippen molar-refractivity contribution in [1.82, 2.24) is 4.90 Å². The molecule has 0 aromatic heterocycles. The number of likely N-dealkylation sites (N-methyl/N-ethyl adjacent to an activating group) is 1. The molecule has 6 nitrogen and oxygen atoms in total. The molecule has 2 rings (SSSR count). The molecule has 1 aromatic carbocycles. The van der Waals surface area contributed by atoms with E-state index in [4.69, 9.17) is 10.5 Å². The standard InChI is InChI=1S/C18H28N4O2/c1-12(2)13-6-5-7-14(10-13)21-18(19)20-11-15-8-9-16(24-15)17(23)22(3)4/h5-7,10,12,15-16H,8-9,11H2,1-4H3,(H3,19,20,21). The van der Waals surface area contributed by atoms with Gasteiger partial charge >= 0.3 is 0 Å². The second kappa shape index (κ2) is 8.15. The number of amides is 1. The predicted octanol–water partition coefficient (Wildman–Crippen LogP) is 2.17. The molecule has 0 radical (unpaired) electrons. The number of rotatable bonds is 5. The van der Waals surface area contributed by atoms with E-state index in [1.807, 2.05) is 12.1 Å². The number of ether oxygens (including phenoxy) is 1. The molecule has 1 amide bonds. The minimum absolute atomic E-state index is 0.0121. The number of carbonyl (C=O) groups excluding carboxylic acids is 1. The molecular weight excluding hydrogens is 304 g/mol. The van der Waals surface area contributed by atoms with E-state index in [1.165, 1.54) is 5.56 Å². The molecule has 1 aliphatic heterocycles. The highest BCUT2D eigenvalue weighted by Crippen LogP contribution is 2.21. The van der Waals surface area contributed by atoms with Crippen LogP contribution in [0.2, 0.25) is 0 Å². The van der Waals surface area contributed by atoms with E-state index in [9.17, 15) is 4.79 Å². The molecule has 24 heavy (non-hydrogen) atoms. The fourth-order valence-electron chi connectivity index (χ4n) is 2.67. The lowest BCUT2D eigenvalue weighted by Gasteiger charge is -2.16. The SMILES string of the molecule is CC(C)c1cccc(NC(N)=NCC2CCC(C(=O)N(C)C)O2)c1. The van der Waals surface area contributed by atoms with Crippen LogP contribution in [-0.4, -0.2) is 49.6 Å². The van der Waals surface area contributed by atoms with Crippen molar-refractivity contribution in [1.29, 1.82) is 0 Å². The number of hydrogen-bond donors (Lipinski definition) is 2. The average Bonchev–Trinajstić information content (AvgIpc) is 3.01. The molecule has 1 heterocycles. The Bertz CT molecular complexity index is 598. The van der Waals surface area contributed by atoms with E-state index in [2.05, 4.69) is 36.3 Å². The maximum absolute atomic E-state index is 11.9. The quantitative estimate of drug-likeness (QED) is 0.640. The summed E-state index contributed by atoms with van der Waals surface area (Å²) in [6.45, 7) is 4.76. The van der Waals surface area contributed by atoms with Gasteiger partial charge in [0, 0.05) is 19.8 Å². The second-order valence-corrected chi connectivity index (χ2v) is 6.69. The van der Waals surface area contributed by atoms with Gasteiger partial charge in [-0.05, 0) is 36.5 Å². The fraction of sp³-hybridized carbons (Fsp3) is 0.556. The molecule has 132 valence electrons. The topological polar surface area (TPSA) is 79.9 Å². The van der Waals surface area contributed by atoms with E-state index in [0.717, 1.165) is 18.5 Å². The lowest BCUT2D eigenvalue weighted by Crippen LogP contribution is -2.34. The first-order chi connectivity index (χ1) is 11.4. The summed E-state index contributed by atoms with van der Waals surface area (Å²) < 4.78 is 5.75. The summed E-state index contributed by atoms with van der Waals surface area (Å²) in [6, 6.07) is 8.14. The molecule has 3 N–H and O–H groups in total. The summed E-state index contributed by atoms with van der Waals surface area (Å²) in [4.78, 5) is 17.8. The average molecular weight is 332 g/mol. The Morgan fingerprint density at radius 3 is 2.83 bits per heavy atom. The Balaban J connectivity index is 1.86. The van der Waals surface area contributed by atoms with Crippen molar-refractivity contribution in [2.75, 3.05) is 26.0 Å². The van der Waals surface area contributed by atoms with Crippen LogP contribution >= 0.6 is 0 Å². The summed E-state index contributed by atoms with van der Waals surface area (Å²) in [7, 11) is 3.48. The number of benzene rings is 1. The van der Waals surface area contributed by atoms with Crippen LogP contribution in [0.3, 0.4) is 0 Å². The van der Waals surface area contributed by atoms with Crippen LogP contribution in [0, 0.1) is 0 Å². The lowest BCUT2D eigenvalue weighted by molar-refractivity contribution is -0.140. The lowest BCUT2D eigenvalue weighted by atomic mass is 10.0. The van der Waals surface area contributed by atoms with Gasteiger partial charge in [0.15, 0.2) is 5.96 Å². The minimum atomic E-state index is -0.350. The maximum atomic E-state index is 11.9. The van der Waals surface area contributed by atoms with Crippen molar-refractivity contribution in [3.8, 4) is 0 Å². The molecule has 1 saturated heterocycles. The number of nitrogens with one attached hydrogen (secondary N) is 1. The first kappa shape index (κ1) is 18.3. The van der Waals surface area contributed by atoms with E-state index >= 15 is 0 Å². The summed E-state index contributed by atoms with van der Waals surface area (Å²) in [6.07, 6.45) is 1.16. The molecule has 0 bridgehead atoms. The molecular formula is C18H28N4O2. The smallest absolute Gasteiger partial charge is 0.251 e. The van der Waals surface area contributed by atoms with Crippen LogP contribution < -0.4 is 11.1 Å². The third-order valence-corrected chi connectivity index (χ3v) is 4.11. The highest BCUT2D eigenvalue weighted by atomic mass is 16.5. The highest BCUT2D eigenvalue weighted by Gasteiger charge is 2.31. The maximum Gasteiger partial charge on any atom is 0.251 e. The normalized spacial score (nSPS) is 21.1. The molecule has 0 saturated carbocycles. The van der Waals surface area contributed by atoms with E-state index in [-0.39, 0.29) is 18.1 Å². The first-order valence-electron chi connectivity index (χ1n) is 8.40. The van der Waals surface area contributed by atoms with Gasteiger partial charge in [0.05, 0.1) is 12.6 Å². The Hall–Kier alpha value is -2.08. The largest absolute Gasteiger partial charge is 0.370 e. The highest BCUT2D eigenvalue weighted by molar-refractivity contribution is 5.92. The molecule has 1 aliphatic rings. The van der Waals surface area contributed by atoms with Crippen molar-refractivity contribution < 1.29 is 9.53 Å². The second-order valence-electron chi connectivity index (χ2n) is 6.69. The number of anilines is 1. The molecule has 1 aromatic rings. The Morgan fingerprint density at radius 2 is 2.17 bits per heavy atom.